The first kappa shape index (κ1) is 22.4. The second-order valence-corrected chi connectivity index (χ2v) is 12.0. The molecule has 0 saturated heterocycles. The summed E-state index contributed by atoms with van der Waals surface area (Å²) in [5, 5.41) is 10.5. The van der Waals surface area contributed by atoms with E-state index in [4.69, 9.17) is 4.98 Å². The SMILES string of the molecule is Cc1ccc2c(c1)c(-c1ccc3c4c(cccc14)-c1ccccc1-3)cc1c3ccc(C)c4c3c(cc21)-c1ncccc1-4. The smallest absolute Gasteiger partial charge is 0.0787 e. The molecule has 8 aromatic rings. The van der Waals surface area contributed by atoms with E-state index in [1.165, 1.54) is 104 Å². The standard InChI is InChI=1S/C41H25N/c1-22-12-14-27-33(19-22)34(26-16-17-30-25-8-4-3-7-24(25)28-9-5-10-29(26)39(28)30)20-36-31-15-13-23(2)38-32-11-6-18-42-41(32)37(40(31)38)21-35(27)36/h3-21H,1-2H3. The maximum atomic E-state index is 4.88. The van der Waals surface area contributed by atoms with E-state index in [0.717, 1.165) is 5.69 Å². The Bertz CT molecular complexity index is 2500. The third kappa shape index (κ3) is 2.67. The van der Waals surface area contributed by atoms with Crippen LogP contribution in [0.2, 0.25) is 0 Å². The largest absolute Gasteiger partial charge is 0.256 e. The number of hydrogen-bond acceptors (Lipinski definition) is 1. The first-order chi connectivity index (χ1) is 20.7. The Hall–Kier alpha value is -5.27. The zero-order chi connectivity index (χ0) is 27.7. The lowest BCUT2D eigenvalue weighted by atomic mass is 9.86. The average molecular weight is 532 g/mol. The summed E-state index contributed by atoms with van der Waals surface area (Å²) in [7, 11) is 0. The van der Waals surface area contributed by atoms with E-state index in [1.807, 2.05) is 6.20 Å². The van der Waals surface area contributed by atoms with Gasteiger partial charge < -0.3 is 0 Å². The molecule has 0 amide bonds. The lowest BCUT2D eigenvalue weighted by molar-refractivity contribution is 1.34. The molecular formula is C41H25N. The molecular weight excluding hydrogens is 506 g/mol. The topological polar surface area (TPSA) is 12.9 Å². The quantitative estimate of drug-likeness (QED) is 0.192. The number of rotatable bonds is 1. The van der Waals surface area contributed by atoms with Crippen molar-refractivity contribution in [2.45, 2.75) is 13.8 Å². The van der Waals surface area contributed by atoms with Gasteiger partial charge >= 0.3 is 0 Å². The van der Waals surface area contributed by atoms with Crippen molar-refractivity contribution in [2.24, 2.45) is 0 Å². The maximum Gasteiger partial charge on any atom is 0.0787 e. The highest BCUT2D eigenvalue weighted by Gasteiger charge is 2.27. The van der Waals surface area contributed by atoms with E-state index in [-0.39, 0.29) is 0 Å². The minimum Gasteiger partial charge on any atom is -0.256 e. The summed E-state index contributed by atoms with van der Waals surface area (Å²) in [6, 6.07) is 41.1. The molecule has 7 aromatic carbocycles. The van der Waals surface area contributed by atoms with Crippen molar-refractivity contribution in [3.05, 3.63) is 127 Å². The highest BCUT2D eigenvalue weighted by Crippen LogP contribution is 2.53. The summed E-state index contributed by atoms with van der Waals surface area (Å²) in [5.74, 6) is 0. The van der Waals surface area contributed by atoms with Crippen molar-refractivity contribution in [3.8, 4) is 55.8 Å². The predicted molar refractivity (Wildman–Crippen MR) is 178 cm³/mol. The average Bonchev–Trinajstić information content (AvgIpc) is 3.54. The molecule has 0 radical (unpaired) electrons. The highest BCUT2D eigenvalue weighted by molar-refractivity contribution is 6.29. The molecule has 194 valence electrons. The Morgan fingerprint density at radius 3 is 2.00 bits per heavy atom. The fourth-order valence-corrected chi connectivity index (χ4v) is 7.99. The van der Waals surface area contributed by atoms with Crippen molar-refractivity contribution in [1.82, 2.24) is 4.98 Å². The fraction of sp³-hybridized carbons (Fsp3) is 0.0488. The Morgan fingerprint density at radius 1 is 0.405 bits per heavy atom. The monoisotopic (exact) mass is 531 g/mol. The molecule has 0 N–H and O–H groups in total. The van der Waals surface area contributed by atoms with Crippen molar-refractivity contribution in [2.75, 3.05) is 0 Å². The van der Waals surface area contributed by atoms with Crippen molar-refractivity contribution < 1.29 is 0 Å². The molecule has 1 heteroatoms. The second-order valence-electron chi connectivity index (χ2n) is 12.0. The Morgan fingerprint density at radius 2 is 1.12 bits per heavy atom. The van der Waals surface area contributed by atoms with Crippen LogP contribution in [0.5, 0.6) is 0 Å². The molecule has 10 rings (SSSR count). The zero-order valence-electron chi connectivity index (χ0n) is 23.4. The fourth-order valence-electron chi connectivity index (χ4n) is 7.99. The summed E-state index contributed by atoms with van der Waals surface area (Å²) < 4.78 is 0. The minimum atomic E-state index is 1.10. The van der Waals surface area contributed by atoms with E-state index < -0.39 is 0 Å². The van der Waals surface area contributed by atoms with Gasteiger partial charge in [0, 0.05) is 17.3 Å². The first-order valence-corrected chi connectivity index (χ1v) is 14.7. The molecule has 2 aliphatic rings. The van der Waals surface area contributed by atoms with Crippen LogP contribution in [-0.4, -0.2) is 4.98 Å². The van der Waals surface area contributed by atoms with Gasteiger partial charge in [-0.15, -0.1) is 0 Å². The number of nitrogens with zero attached hydrogens (tertiary/aromatic N) is 1. The Labute approximate surface area is 243 Å². The predicted octanol–water partition coefficient (Wildman–Crippen LogP) is 11.3. The minimum absolute atomic E-state index is 1.10. The van der Waals surface area contributed by atoms with Crippen LogP contribution in [-0.2, 0) is 0 Å². The van der Waals surface area contributed by atoms with E-state index in [0.29, 0.717) is 0 Å². The summed E-state index contributed by atoms with van der Waals surface area (Å²) in [4.78, 5) is 4.88. The van der Waals surface area contributed by atoms with E-state index in [9.17, 15) is 0 Å². The van der Waals surface area contributed by atoms with Crippen LogP contribution in [0, 0.1) is 13.8 Å². The van der Waals surface area contributed by atoms with Crippen LogP contribution in [0.25, 0.3) is 98.9 Å². The summed E-state index contributed by atoms with van der Waals surface area (Å²) >= 11 is 0. The van der Waals surface area contributed by atoms with Crippen molar-refractivity contribution in [3.63, 3.8) is 0 Å². The second kappa shape index (κ2) is 7.72. The maximum absolute atomic E-state index is 4.88. The van der Waals surface area contributed by atoms with Crippen LogP contribution >= 0.6 is 0 Å². The Balaban J connectivity index is 1.37. The third-order valence-corrected chi connectivity index (χ3v) is 9.77. The lowest BCUT2D eigenvalue weighted by Gasteiger charge is -2.17. The van der Waals surface area contributed by atoms with Gasteiger partial charge in [0.2, 0.25) is 0 Å². The van der Waals surface area contributed by atoms with Crippen LogP contribution in [0.3, 0.4) is 0 Å². The number of hydrogen-bond donors (Lipinski definition) is 0. The number of benzene rings is 7. The van der Waals surface area contributed by atoms with Gasteiger partial charge in [-0.3, -0.25) is 4.98 Å². The molecule has 0 unspecified atom stereocenters. The lowest BCUT2D eigenvalue weighted by Crippen LogP contribution is -1.90. The molecule has 0 fully saturated rings. The summed E-state index contributed by atoms with van der Waals surface area (Å²) in [6.45, 7) is 4.43. The van der Waals surface area contributed by atoms with Gasteiger partial charge in [0.05, 0.1) is 5.69 Å². The molecule has 1 nitrogen and oxygen atoms in total. The molecule has 0 atom stereocenters. The summed E-state index contributed by atoms with van der Waals surface area (Å²) in [6.07, 6.45) is 1.93. The van der Waals surface area contributed by atoms with E-state index >= 15 is 0 Å². The molecule has 1 aromatic heterocycles. The van der Waals surface area contributed by atoms with Gasteiger partial charge in [0.25, 0.3) is 0 Å². The van der Waals surface area contributed by atoms with Crippen LogP contribution in [0.4, 0.5) is 0 Å². The van der Waals surface area contributed by atoms with Gasteiger partial charge in [0.15, 0.2) is 0 Å². The number of aromatic nitrogens is 1. The van der Waals surface area contributed by atoms with Gasteiger partial charge in [-0.2, -0.15) is 0 Å². The third-order valence-electron chi connectivity index (χ3n) is 9.77. The van der Waals surface area contributed by atoms with Crippen molar-refractivity contribution >= 4 is 43.1 Å². The van der Waals surface area contributed by atoms with E-state index in [1.54, 1.807) is 0 Å². The number of aryl methyl sites for hydroxylation is 2. The summed E-state index contributed by atoms with van der Waals surface area (Å²) in [5.41, 5.74) is 15.5. The van der Waals surface area contributed by atoms with Crippen molar-refractivity contribution in [1.29, 1.82) is 0 Å². The van der Waals surface area contributed by atoms with Gasteiger partial charge in [-0.05, 0) is 120 Å². The number of pyridine rings is 1. The van der Waals surface area contributed by atoms with Crippen LogP contribution < -0.4 is 0 Å². The Kier molecular flexibility index (Phi) is 4.12. The molecule has 0 spiro atoms. The molecule has 2 aliphatic carbocycles. The van der Waals surface area contributed by atoms with Crippen LogP contribution in [0.1, 0.15) is 11.1 Å². The molecule has 0 bridgehead atoms. The van der Waals surface area contributed by atoms with Crippen LogP contribution in [0.15, 0.2) is 115 Å². The molecule has 42 heavy (non-hydrogen) atoms. The van der Waals surface area contributed by atoms with E-state index in [2.05, 4.69) is 123 Å². The molecule has 0 saturated carbocycles. The van der Waals surface area contributed by atoms with Gasteiger partial charge in [-0.1, -0.05) is 96.6 Å². The zero-order valence-corrected chi connectivity index (χ0v) is 23.4. The van der Waals surface area contributed by atoms with Gasteiger partial charge in [-0.25, -0.2) is 0 Å². The van der Waals surface area contributed by atoms with Gasteiger partial charge in [0.1, 0.15) is 0 Å². The normalized spacial score (nSPS) is 12.5. The molecule has 0 aliphatic heterocycles. The molecule has 1 heterocycles. The number of fused-ring (bicyclic) bond motifs is 10. The highest BCUT2D eigenvalue weighted by atomic mass is 14.7. The first-order valence-electron chi connectivity index (χ1n) is 14.7.